The highest BCUT2D eigenvalue weighted by atomic mass is 16.5. The number of rotatable bonds is 5. The van der Waals surface area contributed by atoms with E-state index >= 15 is 0 Å². The van der Waals surface area contributed by atoms with Crippen LogP contribution in [0.3, 0.4) is 0 Å². The Morgan fingerprint density at radius 1 is 1.47 bits per heavy atom. The van der Waals surface area contributed by atoms with E-state index in [9.17, 15) is 9.59 Å². The van der Waals surface area contributed by atoms with Crippen LogP contribution in [0, 0.1) is 5.92 Å². The van der Waals surface area contributed by atoms with E-state index in [2.05, 4.69) is 10.6 Å². The molecule has 3 unspecified atom stereocenters. The summed E-state index contributed by atoms with van der Waals surface area (Å²) in [4.78, 5) is 23.1. The van der Waals surface area contributed by atoms with Crippen molar-refractivity contribution >= 4 is 12.0 Å². The van der Waals surface area contributed by atoms with Gasteiger partial charge in [-0.25, -0.2) is 9.59 Å². The molecule has 1 fully saturated rings. The van der Waals surface area contributed by atoms with Crippen LogP contribution in [0.2, 0.25) is 0 Å². The summed E-state index contributed by atoms with van der Waals surface area (Å²) in [7, 11) is 0. The van der Waals surface area contributed by atoms with Crippen LogP contribution in [0.25, 0.3) is 0 Å². The normalized spacial score (nSPS) is 26.3. The van der Waals surface area contributed by atoms with Crippen LogP contribution in [0.4, 0.5) is 4.79 Å². The van der Waals surface area contributed by atoms with Gasteiger partial charge in [0.1, 0.15) is 6.04 Å². The molecule has 0 aliphatic carbocycles. The second-order valence-corrected chi connectivity index (χ2v) is 5.52. The Bertz CT molecular complexity index is 327. The van der Waals surface area contributed by atoms with Gasteiger partial charge in [0.2, 0.25) is 0 Å². The van der Waals surface area contributed by atoms with Gasteiger partial charge in [-0.1, -0.05) is 20.3 Å². The predicted octanol–water partition coefficient (Wildman–Crippen LogP) is 1.35. The monoisotopic (exact) mass is 272 g/mol. The zero-order valence-electron chi connectivity index (χ0n) is 11.9. The van der Waals surface area contributed by atoms with Gasteiger partial charge in [-0.05, 0) is 25.7 Å². The number of hydrogen-bond acceptors (Lipinski definition) is 3. The fraction of sp³-hybridized carbons (Fsp3) is 0.846. The lowest BCUT2D eigenvalue weighted by molar-refractivity contribution is -0.140. The average molecular weight is 272 g/mol. The Morgan fingerprint density at radius 3 is 2.63 bits per heavy atom. The number of carbonyl (C=O) groups excluding carboxylic acids is 1. The molecule has 0 aromatic heterocycles. The van der Waals surface area contributed by atoms with Crippen molar-refractivity contribution in [3.63, 3.8) is 0 Å². The minimum Gasteiger partial charge on any atom is -0.480 e. The first-order chi connectivity index (χ1) is 8.88. The third kappa shape index (κ3) is 4.70. The van der Waals surface area contributed by atoms with Crippen LogP contribution in [-0.2, 0) is 9.53 Å². The molecule has 19 heavy (non-hydrogen) atoms. The Hall–Kier alpha value is -1.30. The number of amides is 2. The number of carboxylic acids is 1. The number of hydrogen-bond donors (Lipinski definition) is 3. The van der Waals surface area contributed by atoms with E-state index in [1.165, 1.54) is 0 Å². The van der Waals surface area contributed by atoms with Gasteiger partial charge in [0.15, 0.2) is 0 Å². The summed E-state index contributed by atoms with van der Waals surface area (Å²) < 4.78 is 5.35. The molecule has 6 heteroatoms. The number of urea groups is 1. The van der Waals surface area contributed by atoms with Crippen molar-refractivity contribution in [1.29, 1.82) is 0 Å². The molecule has 1 aliphatic heterocycles. The van der Waals surface area contributed by atoms with Crippen molar-refractivity contribution in [3.05, 3.63) is 0 Å². The van der Waals surface area contributed by atoms with Crippen molar-refractivity contribution < 1.29 is 19.4 Å². The molecule has 110 valence electrons. The SMILES string of the molecule is CCC(C)C(NC(=O)NC1(C)CCCOC1)C(=O)O. The van der Waals surface area contributed by atoms with Crippen LogP contribution in [0.15, 0.2) is 0 Å². The van der Waals surface area contributed by atoms with Gasteiger partial charge in [0.25, 0.3) is 0 Å². The van der Waals surface area contributed by atoms with Crippen LogP contribution >= 0.6 is 0 Å². The molecular weight excluding hydrogens is 248 g/mol. The first-order valence-corrected chi connectivity index (χ1v) is 6.77. The molecule has 1 aliphatic rings. The molecule has 0 radical (unpaired) electrons. The fourth-order valence-electron chi connectivity index (χ4n) is 2.17. The number of aliphatic carboxylic acids is 1. The maximum atomic E-state index is 11.9. The molecule has 3 N–H and O–H groups in total. The van der Waals surface area contributed by atoms with E-state index in [0.717, 1.165) is 12.8 Å². The van der Waals surface area contributed by atoms with E-state index in [1.54, 1.807) is 0 Å². The third-order valence-corrected chi connectivity index (χ3v) is 3.62. The van der Waals surface area contributed by atoms with Crippen LogP contribution in [0.1, 0.15) is 40.0 Å². The number of carbonyl (C=O) groups is 2. The maximum absolute atomic E-state index is 11.9. The van der Waals surface area contributed by atoms with E-state index in [0.29, 0.717) is 19.6 Å². The number of carboxylic acid groups (broad SMARTS) is 1. The van der Waals surface area contributed by atoms with Gasteiger partial charge >= 0.3 is 12.0 Å². The average Bonchev–Trinajstić information content (AvgIpc) is 2.35. The van der Waals surface area contributed by atoms with Gasteiger partial charge < -0.3 is 20.5 Å². The summed E-state index contributed by atoms with van der Waals surface area (Å²) in [5.74, 6) is -1.12. The first kappa shape index (κ1) is 15.8. The topological polar surface area (TPSA) is 87.7 Å². The molecule has 0 aromatic rings. The quantitative estimate of drug-likeness (QED) is 0.705. The maximum Gasteiger partial charge on any atom is 0.326 e. The van der Waals surface area contributed by atoms with Gasteiger partial charge in [-0.3, -0.25) is 0 Å². The molecule has 0 spiro atoms. The molecule has 1 saturated heterocycles. The van der Waals surface area contributed by atoms with E-state index in [1.807, 2.05) is 20.8 Å². The lowest BCUT2D eigenvalue weighted by Crippen LogP contribution is -2.58. The summed E-state index contributed by atoms with van der Waals surface area (Å²) in [6.45, 7) is 6.79. The minimum absolute atomic E-state index is 0.112. The summed E-state index contributed by atoms with van der Waals surface area (Å²) in [6.07, 6.45) is 2.42. The minimum atomic E-state index is -1.01. The first-order valence-electron chi connectivity index (χ1n) is 6.77. The smallest absolute Gasteiger partial charge is 0.326 e. The van der Waals surface area contributed by atoms with Crippen LogP contribution in [-0.4, -0.2) is 41.9 Å². The van der Waals surface area contributed by atoms with Crippen molar-refractivity contribution in [1.82, 2.24) is 10.6 Å². The number of ether oxygens (including phenoxy) is 1. The largest absolute Gasteiger partial charge is 0.480 e. The van der Waals surface area contributed by atoms with E-state index in [4.69, 9.17) is 9.84 Å². The Morgan fingerprint density at radius 2 is 2.16 bits per heavy atom. The van der Waals surface area contributed by atoms with Gasteiger partial charge in [0.05, 0.1) is 12.1 Å². The standard InChI is InChI=1S/C13H24N2O4/c1-4-9(2)10(11(16)17)14-12(18)15-13(3)6-5-7-19-8-13/h9-10H,4-8H2,1-3H3,(H,16,17)(H2,14,15,18). The lowest BCUT2D eigenvalue weighted by Gasteiger charge is -2.34. The second-order valence-electron chi connectivity index (χ2n) is 5.52. The summed E-state index contributed by atoms with van der Waals surface area (Å²) in [6, 6.07) is -1.31. The fourth-order valence-corrected chi connectivity index (χ4v) is 2.17. The van der Waals surface area contributed by atoms with Crippen LogP contribution in [0.5, 0.6) is 0 Å². The molecule has 2 amide bonds. The van der Waals surface area contributed by atoms with E-state index in [-0.39, 0.29) is 5.92 Å². The number of nitrogens with one attached hydrogen (secondary N) is 2. The van der Waals surface area contributed by atoms with Gasteiger partial charge in [-0.2, -0.15) is 0 Å². The van der Waals surface area contributed by atoms with Gasteiger partial charge in [-0.15, -0.1) is 0 Å². The van der Waals surface area contributed by atoms with E-state index < -0.39 is 23.6 Å². The summed E-state index contributed by atoms with van der Waals surface area (Å²) >= 11 is 0. The van der Waals surface area contributed by atoms with Crippen molar-refractivity contribution in [2.75, 3.05) is 13.2 Å². The highest BCUT2D eigenvalue weighted by Crippen LogP contribution is 2.18. The summed E-state index contributed by atoms with van der Waals surface area (Å²) in [5.41, 5.74) is -0.416. The highest BCUT2D eigenvalue weighted by Gasteiger charge is 2.31. The molecule has 0 bridgehead atoms. The Kier molecular flexibility index (Phi) is 5.60. The molecule has 3 atom stereocenters. The van der Waals surface area contributed by atoms with Crippen molar-refractivity contribution in [2.45, 2.75) is 51.6 Å². The highest BCUT2D eigenvalue weighted by molar-refractivity contribution is 5.83. The second kappa shape index (κ2) is 6.75. The molecule has 1 heterocycles. The zero-order chi connectivity index (χ0) is 14.5. The van der Waals surface area contributed by atoms with Crippen LogP contribution < -0.4 is 10.6 Å². The molecular formula is C13H24N2O4. The predicted molar refractivity (Wildman–Crippen MR) is 71.0 cm³/mol. The zero-order valence-corrected chi connectivity index (χ0v) is 11.9. The van der Waals surface area contributed by atoms with Crippen molar-refractivity contribution in [2.24, 2.45) is 5.92 Å². The van der Waals surface area contributed by atoms with Crippen molar-refractivity contribution in [3.8, 4) is 0 Å². The third-order valence-electron chi connectivity index (χ3n) is 3.62. The lowest BCUT2D eigenvalue weighted by atomic mass is 9.95. The Balaban J connectivity index is 2.55. The Labute approximate surface area is 113 Å². The molecule has 0 saturated carbocycles. The molecule has 6 nitrogen and oxygen atoms in total. The van der Waals surface area contributed by atoms with Gasteiger partial charge in [0, 0.05) is 6.61 Å². The molecule has 0 aromatic carbocycles. The summed E-state index contributed by atoms with van der Waals surface area (Å²) in [5, 5.41) is 14.5. The molecule has 1 rings (SSSR count).